The molecule has 7 N–H and O–H groups in total. The highest BCUT2D eigenvalue weighted by Gasteiger charge is 2.52. The van der Waals surface area contributed by atoms with Crippen LogP contribution in [0.1, 0.15) is 37.3 Å². The minimum absolute atomic E-state index is 0.0254. The van der Waals surface area contributed by atoms with Crippen LogP contribution in [0.25, 0.3) is 11.1 Å². The van der Waals surface area contributed by atoms with Crippen molar-refractivity contribution in [2.24, 2.45) is 0 Å². The van der Waals surface area contributed by atoms with Crippen molar-refractivity contribution in [3.8, 4) is 11.1 Å². The SMILES string of the molecule is CC1OC(COP(C)(=O)OC2(C)CC(O)C(NC(=O)OCC3c4ccccc4-c4ccccc43)C([C@H](O)[C@H](O)CO)O2)C(O)C1O. The lowest BCUT2D eigenvalue weighted by molar-refractivity contribution is -0.282. The van der Waals surface area contributed by atoms with E-state index < -0.39 is 87.6 Å². The molecule has 2 aliphatic heterocycles. The number of aliphatic hydroxyl groups is 6. The number of fused-ring (bicyclic) bond motifs is 3. The van der Waals surface area contributed by atoms with Gasteiger partial charge in [-0.2, -0.15) is 0 Å². The van der Waals surface area contributed by atoms with Gasteiger partial charge in [0.15, 0.2) is 5.79 Å². The van der Waals surface area contributed by atoms with Crippen molar-refractivity contribution in [2.45, 2.75) is 86.8 Å². The average Bonchev–Trinajstić information content (AvgIpc) is 3.47. The number of hydrogen-bond donors (Lipinski definition) is 7. The van der Waals surface area contributed by atoms with Gasteiger partial charge in [-0.25, -0.2) is 4.79 Å². The molecule has 9 unspecified atom stereocenters. The molecule has 5 rings (SSSR count). The molecule has 46 heavy (non-hydrogen) atoms. The summed E-state index contributed by atoms with van der Waals surface area (Å²) in [7, 11) is -4.00. The standard InChI is InChI=1S/C31H42NO13P/c1-16-26(36)28(38)24(43-16)15-42-46(3,40)45-31(2)12-22(34)25(29(44-31)27(37)23(35)13-33)32-30(39)41-14-21-19-10-6-4-8-17(19)18-9-5-7-11-20(18)21/h4-11,16,21-29,33-38H,12-15H2,1-3H3,(H,32,39)/t16?,22?,23-,24?,25?,26?,27-,28?,29?,31?,46?/m1/s1. The number of rotatable bonds is 11. The number of aliphatic hydroxyl groups excluding tert-OH is 6. The lowest BCUT2D eigenvalue weighted by atomic mass is 9.89. The molecule has 0 saturated carbocycles. The van der Waals surface area contributed by atoms with Crippen LogP contribution in [0, 0.1) is 0 Å². The summed E-state index contributed by atoms with van der Waals surface area (Å²) in [6, 6.07) is 14.3. The summed E-state index contributed by atoms with van der Waals surface area (Å²) in [5.41, 5.74) is 4.08. The first-order valence-corrected chi connectivity index (χ1v) is 17.1. The van der Waals surface area contributed by atoms with E-state index in [1.807, 2.05) is 48.5 Å². The van der Waals surface area contributed by atoms with Crippen molar-refractivity contribution in [1.82, 2.24) is 5.32 Å². The first kappa shape index (κ1) is 34.9. The van der Waals surface area contributed by atoms with Crippen LogP contribution in [0.2, 0.25) is 0 Å². The third-order valence-corrected chi connectivity index (χ3v) is 10.0. The van der Waals surface area contributed by atoms with Crippen molar-refractivity contribution in [3.63, 3.8) is 0 Å². The summed E-state index contributed by atoms with van der Waals surface area (Å²) in [5.74, 6) is -2.10. The minimum Gasteiger partial charge on any atom is -0.449 e. The molecule has 1 aliphatic carbocycles. The molecular formula is C31H42NO13P. The molecular weight excluding hydrogens is 625 g/mol. The summed E-state index contributed by atoms with van der Waals surface area (Å²) in [4.78, 5) is 13.1. The van der Waals surface area contributed by atoms with Gasteiger partial charge in [0, 0.05) is 19.0 Å². The summed E-state index contributed by atoms with van der Waals surface area (Å²) in [5, 5.41) is 64.3. The molecule has 2 heterocycles. The largest absolute Gasteiger partial charge is 0.449 e. The molecule has 0 bridgehead atoms. The highest BCUT2D eigenvalue weighted by atomic mass is 31.2. The Morgan fingerprint density at radius 2 is 1.65 bits per heavy atom. The Labute approximate surface area is 266 Å². The predicted octanol–water partition coefficient (Wildman–Crippen LogP) is 0.839. The zero-order valence-electron chi connectivity index (χ0n) is 25.7. The van der Waals surface area contributed by atoms with Crippen molar-refractivity contribution in [2.75, 3.05) is 26.5 Å². The van der Waals surface area contributed by atoms with Gasteiger partial charge in [0.2, 0.25) is 0 Å². The Kier molecular flexibility index (Phi) is 10.6. The van der Waals surface area contributed by atoms with Crippen LogP contribution in [0.5, 0.6) is 0 Å². The number of benzene rings is 2. The number of amides is 1. The molecule has 3 aliphatic rings. The summed E-state index contributed by atoms with van der Waals surface area (Å²) < 4.78 is 41.3. The first-order chi connectivity index (χ1) is 21.7. The molecule has 2 fully saturated rings. The van der Waals surface area contributed by atoms with Crippen LogP contribution in [-0.4, -0.2) is 124 Å². The monoisotopic (exact) mass is 667 g/mol. The first-order valence-electron chi connectivity index (χ1n) is 15.1. The van der Waals surface area contributed by atoms with Crippen molar-refractivity contribution in [3.05, 3.63) is 59.7 Å². The van der Waals surface area contributed by atoms with Crippen molar-refractivity contribution >= 4 is 13.7 Å². The number of nitrogens with one attached hydrogen (secondary N) is 1. The Morgan fingerprint density at radius 1 is 1.04 bits per heavy atom. The van der Waals surface area contributed by atoms with E-state index in [-0.39, 0.29) is 18.9 Å². The van der Waals surface area contributed by atoms with E-state index in [1.165, 1.54) is 6.92 Å². The molecule has 1 amide bonds. The van der Waals surface area contributed by atoms with E-state index in [4.69, 9.17) is 23.3 Å². The fraction of sp³-hybridized carbons (Fsp3) is 0.581. The zero-order chi connectivity index (χ0) is 33.4. The van der Waals surface area contributed by atoms with Crippen molar-refractivity contribution < 1.29 is 63.3 Å². The van der Waals surface area contributed by atoms with Gasteiger partial charge in [-0.1, -0.05) is 48.5 Å². The molecule has 0 spiro atoms. The maximum Gasteiger partial charge on any atom is 0.407 e. The molecule has 0 aromatic heterocycles. The third kappa shape index (κ3) is 7.33. The lowest BCUT2D eigenvalue weighted by Gasteiger charge is -2.47. The second-order valence-electron chi connectivity index (χ2n) is 12.2. The van der Waals surface area contributed by atoms with Gasteiger partial charge < -0.3 is 54.7 Å². The van der Waals surface area contributed by atoms with E-state index in [1.54, 1.807) is 6.92 Å². The zero-order valence-corrected chi connectivity index (χ0v) is 26.6. The summed E-state index contributed by atoms with van der Waals surface area (Å²) in [6.45, 7) is 2.74. The van der Waals surface area contributed by atoms with Crippen molar-refractivity contribution in [1.29, 1.82) is 0 Å². The molecule has 14 nitrogen and oxygen atoms in total. The maximum absolute atomic E-state index is 13.3. The molecule has 11 atom stereocenters. The molecule has 0 radical (unpaired) electrons. The Balaban J connectivity index is 1.25. The van der Waals surface area contributed by atoms with E-state index in [9.17, 15) is 40.0 Å². The van der Waals surface area contributed by atoms with Crippen LogP contribution in [-0.2, 0) is 27.8 Å². The van der Waals surface area contributed by atoms with Gasteiger partial charge in [0.1, 0.15) is 43.2 Å². The van der Waals surface area contributed by atoms with Gasteiger partial charge in [-0.3, -0.25) is 9.09 Å². The van der Waals surface area contributed by atoms with Gasteiger partial charge in [0.05, 0.1) is 31.5 Å². The van der Waals surface area contributed by atoms with E-state index >= 15 is 0 Å². The smallest absolute Gasteiger partial charge is 0.407 e. The number of alkyl carbamates (subject to hydrolysis) is 1. The predicted molar refractivity (Wildman–Crippen MR) is 162 cm³/mol. The molecule has 15 heteroatoms. The lowest BCUT2D eigenvalue weighted by Crippen LogP contribution is -2.65. The van der Waals surface area contributed by atoms with Crippen LogP contribution in [0.3, 0.4) is 0 Å². The normalized spacial score (nSPS) is 33.5. The van der Waals surface area contributed by atoms with Gasteiger partial charge in [0.25, 0.3) is 0 Å². The fourth-order valence-electron chi connectivity index (χ4n) is 6.42. The van der Waals surface area contributed by atoms with Crippen LogP contribution < -0.4 is 5.32 Å². The Hall–Kier alpha value is -2.46. The Bertz CT molecular complexity index is 1380. The summed E-state index contributed by atoms with van der Waals surface area (Å²) >= 11 is 0. The molecule has 2 aromatic carbocycles. The second-order valence-corrected chi connectivity index (χ2v) is 14.2. The third-order valence-electron chi connectivity index (χ3n) is 8.71. The second kappa shape index (κ2) is 14.0. The van der Waals surface area contributed by atoms with Crippen LogP contribution in [0.4, 0.5) is 4.79 Å². The summed E-state index contributed by atoms with van der Waals surface area (Å²) in [6.07, 6.45) is -12.0. The quantitative estimate of drug-likeness (QED) is 0.166. The number of hydrogen-bond acceptors (Lipinski definition) is 13. The van der Waals surface area contributed by atoms with Gasteiger partial charge >= 0.3 is 13.7 Å². The number of ether oxygens (including phenoxy) is 3. The molecule has 2 aromatic rings. The van der Waals surface area contributed by atoms with Crippen LogP contribution >= 0.6 is 7.60 Å². The highest BCUT2D eigenvalue weighted by Crippen LogP contribution is 2.51. The Morgan fingerprint density at radius 3 is 2.22 bits per heavy atom. The van der Waals surface area contributed by atoms with E-state index in [0.29, 0.717) is 0 Å². The topological polar surface area (TPSA) is 214 Å². The minimum atomic E-state index is -4.00. The average molecular weight is 668 g/mol. The molecule has 2 saturated heterocycles. The van der Waals surface area contributed by atoms with Gasteiger partial charge in [-0.15, -0.1) is 0 Å². The maximum atomic E-state index is 13.3. The fourth-order valence-corrected chi connectivity index (χ4v) is 7.71. The van der Waals surface area contributed by atoms with E-state index in [2.05, 4.69) is 5.32 Å². The number of carbonyl (C=O) groups excluding carboxylic acids is 1. The number of carbonyl (C=O) groups is 1. The van der Waals surface area contributed by atoms with Crippen LogP contribution in [0.15, 0.2) is 48.5 Å². The van der Waals surface area contributed by atoms with Gasteiger partial charge in [-0.05, 0) is 36.1 Å². The molecule has 254 valence electrons. The highest BCUT2D eigenvalue weighted by molar-refractivity contribution is 7.53. The van der Waals surface area contributed by atoms with E-state index in [0.717, 1.165) is 28.9 Å².